The van der Waals surface area contributed by atoms with Crippen molar-refractivity contribution in [1.29, 1.82) is 0 Å². The Balaban J connectivity index is 2.06. The van der Waals surface area contributed by atoms with E-state index in [9.17, 15) is 4.79 Å². The number of benzene rings is 1. The molecule has 0 aliphatic heterocycles. The van der Waals surface area contributed by atoms with E-state index in [2.05, 4.69) is 5.32 Å². The third-order valence-electron chi connectivity index (χ3n) is 4.26. The Bertz CT molecular complexity index is 911. The van der Waals surface area contributed by atoms with Gasteiger partial charge >= 0.3 is 0 Å². The van der Waals surface area contributed by atoms with Crippen LogP contribution in [0.4, 0.5) is 0 Å². The summed E-state index contributed by atoms with van der Waals surface area (Å²) in [6.45, 7) is 3.44. The molecule has 5 heteroatoms. The summed E-state index contributed by atoms with van der Waals surface area (Å²) in [7, 11) is 5.96. The average Bonchev–Trinajstić information content (AvgIpc) is 2.99. The molecule has 1 aromatic carbocycles. The first kappa shape index (κ1) is 17.2. The smallest absolute Gasteiger partial charge is 0.252 e. The highest BCUT2D eigenvalue weighted by atomic mass is 16.1. The van der Waals surface area contributed by atoms with Gasteiger partial charge in [-0.15, -0.1) is 0 Å². The number of pyridine rings is 1. The molecule has 25 heavy (non-hydrogen) atoms. The monoisotopic (exact) mass is 336 g/mol. The first-order chi connectivity index (χ1) is 12.0. The zero-order valence-electron chi connectivity index (χ0n) is 15.2. The normalized spacial score (nSPS) is 11.2. The number of hydrogen-bond acceptors (Lipinski definition) is 3. The summed E-state index contributed by atoms with van der Waals surface area (Å²) in [4.78, 5) is 19.6. The lowest BCUT2D eigenvalue weighted by atomic mass is 10.0. The van der Waals surface area contributed by atoms with Crippen molar-refractivity contribution in [3.05, 3.63) is 53.7 Å². The van der Waals surface area contributed by atoms with Crippen LogP contribution in [0.15, 0.2) is 42.6 Å². The van der Waals surface area contributed by atoms with E-state index in [0.717, 1.165) is 34.4 Å². The van der Waals surface area contributed by atoms with E-state index in [4.69, 9.17) is 4.98 Å². The highest BCUT2D eigenvalue weighted by molar-refractivity contribution is 6.07. The van der Waals surface area contributed by atoms with Gasteiger partial charge in [0.1, 0.15) is 0 Å². The van der Waals surface area contributed by atoms with Crippen LogP contribution in [-0.4, -0.2) is 47.5 Å². The van der Waals surface area contributed by atoms with Gasteiger partial charge in [0, 0.05) is 31.7 Å². The number of aromatic nitrogens is 2. The molecular weight excluding hydrogens is 312 g/mol. The molecule has 0 fully saturated rings. The first-order valence-electron chi connectivity index (χ1n) is 8.42. The fraction of sp³-hybridized carbons (Fsp3) is 0.300. The topological polar surface area (TPSA) is 50.2 Å². The largest absolute Gasteiger partial charge is 0.351 e. The Morgan fingerprint density at radius 3 is 2.72 bits per heavy atom. The molecule has 0 unspecified atom stereocenters. The van der Waals surface area contributed by atoms with Crippen LogP contribution < -0.4 is 5.32 Å². The van der Waals surface area contributed by atoms with Crippen molar-refractivity contribution in [1.82, 2.24) is 19.8 Å². The Kier molecular flexibility index (Phi) is 4.86. The lowest BCUT2D eigenvalue weighted by Crippen LogP contribution is -2.31. The summed E-state index contributed by atoms with van der Waals surface area (Å²) in [5.41, 5.74) is 4.42. The second-order valence-corrected chi connectivity index (χ2v) is 6.64. The Hall–Kier alpha value is -2.66. The molecule has 0 bridgehead atoms. The van der Waals surface area contributed by atoms with Crippen LogP contribution >= 0.6 is 0 Å². The van der Waals surface area contributed by atoms with Crippen LogP contribution in [0.3, 0.4) is 0 Å². The van der Waals surface area contributed by atoms with E-state index in [1.165, 1.54) is 0 Å². The summed E-state index contributed by atoms with van der Waals surface area (Å²) in [6, 6.07) is 11.9. The molecule has 1 N–H and O–H groups in total. The number of likely N-dealkylation sites (N-methyl/N-ethyl adjacent to an activating group) is 1. The first-order valence-corrected chi connectivity index (χ1v) is 8.42. The fourth-order valence-corrected chi connectivity index (χ4v) is 2.87. The lowest BCUT2D eigenvalue weighted by molar-refractivity contribution is 0.0952. The molecule has 3 aromatic rings. The number of nitrogens with zero attached hydrogens (tertiary/aromatic N) is 3. The predicted molar refractivity (Wildman–Crippen MR) is 102 cm³/mol. The quantitative estimate of drug-likeness (QED) is 0.779. The van der Waals surface area contributed by atoms with E-state index >= 15 is 0 Å². The van der Waals surface area contributed by atoms with Crippen LogP contribution in [0.1, 0.15) is 15.9 Å². The molecule has 2 heterocycles. The van der Waals surface area contributed by atoms with Crippen LogP contribution in [-0.2, 0) is 7.05 Å². The summed E-state index contributed by atoms with van der Waals surface area (Å²) in [6.07, 6.45) is 1.98. The van der Waals surface area contributed by atoms with Gasteiger partial charge in [-0.2, -0.15) is 0 Å². The number of fused-ring (bicyclic) bond motifs is 1. The van der Waals surface area contributed by atoms with Crippen molar-refractivity contribution < 1.29 is 4.79 Å². The molecule has 0 aliphatic rings. The van der Waals surface area contributed by atoms with Crippen molar-refractivity contribution in [3.63, 3.8) is 0 Å². The van der Waals surface area contributed by atoms with Crippen LogP contribution in [0.5, 0.6) is 0 Å². The maximum Gasteiger partial charge on any atom is 0.252 e. The van der Waals surface area contributed by atoms with E-state index in [0.29, 0.717) is 12.1 Å². The number of hydrogen-bond donors (Lipinski definition) is 1. The van der Waals surface area contributed by atoms with Gasteiger partial charge in [-0.25, -0.2) is 4.98 Å². The minimum atomic E-state index is -0.0599. The van der Waals surface area contributed by atoms with Crippen LogP contribution in [0, 0.1) is 6.92 Å². The Labute approximate surface area is 148 Å². The van der Waals surface area contributed by atoms with Crippen molar-refractivity contribution in [3.8, 4) is 11.4 Å². The maximum atomic E-state index is 12.8. The van der Waals surface area contributed by atoms with E-state index in [-0.39, 0.29) is 5.91 Å². The standard InChI is InChI=1S/C20H24N4O/c1-14-7-8-17-15(12-14)16(20(25)21-9-11-23(2)3)13-18(22-17)19-6-5-10-24(19)4/h5-8,10,12-13H,9,11H2,1-4H3,(H,21,25). The van der Waals surface area contributed by atoms with Gasteiger partial charge in [-0.05, 0) is 51.4 Å². The summed E-state index contributed by atoms with van der Waals surface area (Å²) in [5, 5.41) is 3.90. The highest BCUT2D eigenvalue weighted by Crippen LogP contribution is 2.25. The minimum Gasteiger partial charge on any atom is -0.351 e. The number of amides is 1. The van der Waals surface area contributed by atoms with Gasteiger partial charge in [0.25, 0.3) is 5.91 Å². The van der Waals surface area contributed by atoms with Gasteiger partial charge < -0.3 is 14.8 Å². The van der Waals surface area contributed by atoms with E-state index < -0.39 is 0 Å². The second-order valence-electron chi connectivity index (χ2n) is 6.64. The molecule has 2 aromatic heterocycles. The van der Waals surface area contributed by atoms with E-state index in [1.807, 2.05) is 80.1 Å². The molecule has 130 valence electrons. The molecule has 0 atom stereocenters. The minimum absolute atomic E-state index is 0.0599. The number of aryl methyl sites for hydroxylation is 2. The summed E-state index contributed by atoms with van der Waals surface area (Å²) in [5.74, 6) is -0.0599. The zero-order chi connectivity index (χ0) is 18.0. The van der Waals surface area contributed by atoms with Gasteiger partial charge in [-0.3, -0.25) is 4.79 Å². The third-order valence-corrected chi connectivity index (χ3v) is 4.26. The van der Waals surface area contributed by atoms with Crippen molar-refractivity contribution in [2.75, 3.05) is 27.2 Å². The highest BCUT2D eigenvalue weighted by Gasteiger charge is 2.15. The van der Waals surface area contributed by atoms with Gasteiger partial charge in [0.05, 0.1) is 22.5 Å². The Morgan fingerprint density at radius 2 is 2.04 bits per heavy atom. The van der Waals surface area contributed by atoms with Gasteiger partial charge in [-0.1, -0.05) is 11.6 Å². The number of carbonyl (C=O) groups excluding carboxylic acids is 1. The van der Waals surface area contributed by atoms with Crippen molar-refractivity contribution in [2.45, 2.75) is 6.92 Å². The van der Waals surface area contributed by atoms with Gasteiger partial charge in [0.15, 0.2) is 0 Å². The molecule has 5 nitrogen and oxygen atoms in total. The van der Waals surface area contributed by atoms with E-state index in [1.54, 1.807) is 0 Å². The predicted octanol–water partition coefficient (Wildman–Crippen LogP) is 2.84. The molecule has 1 amide bonds. The molecule has 0 saturated heterocycles. The third kappa shape index (κ3) is 3.72. The van der Waals surface area contributed by atoms with Crippen molar-refractivity contribution >= 4 is 16.8 Å². The second kappa shape index (κ2) is 7.07. The summed E-state index contributed by atoms with van der Waals surface area (Å²) >= 11 is 0. The maximum absolute atomic E-state index is 12.8. The molecule has 0 aliphatic carbocycles. The van der Waals surface area contributed by atoms with Gasteiger partial charge in [0.2, 0.25) is 0 Å². The fourth-order valence-electron chi connectivity index (χ4n) is 2.87. The number of carbonyl (C=O) groups is 1. The Morgan fingerprint density at radius 1 is 1.24 bits per heavy atom. The number of rotatable bonds is 5. The molecule has 0 radical (unpaired) electrons. The number of nitrogens with one attached hydrogen (secondary N) is 1. The lowest BCUT2D eigenvalue weighted by Gasteiger charge is -2.13. The zero-order valence-corrected chi connectivity index (χ0v) is 15.2. The molecular formula is C20H24N4O. The average molecular weight is 336 g/mol. The van der Waals surface area contributed by atoms with Crippen LogP contribution in [0.2, 0.25) is 0 Å². The molecule has 0 saturated carbocycles. The molecule has 3 rings (SSSR count). The van der Waals surface area contributed by atoms with Crippen LogP contribution in [0.25, 0.3) is 22.3 Å². The SMILES string of the molecule is Cc1ccc2nc(-c3cccn3C)cc(C(=O)NCCN(C)C)c2c1. The van der Waals surface area contributed by atoms with Crippen molar-refractivity contribution in [2.24, 2.45) is 7.05 Å². The summed E-state index contributed by atoms with van der Waals surface area (Å²) < 4.78 is 2.01. The molecule has 0 spiro atoms.